The number of hydrogen-bond acceptors (Lipinski definition) is 9. The van der Waals surface area contributed by atoms with Crippen molar-refractivity contribution >= 4 is 194 Å². The molecule has 9 aliphatic heterocycles. The van der Waals surface area contributed by atoms with Crippen LogP contribution in [0, 0.1) is 0 Å². The molecule has 10 heterocycles. The molecule has 0 atom stereocenters. The van der Waals surface area contributed by atoms with Crippen molar-refractivity contribution < 1.29 is 0 Å². The lowest BCUT2D eigenvalue weighted by atomic mass is 9.30. The second kappa shape index (κ2) is 20.6. The summed E-state index contributed by atoms with van der Waals surface area (Å²) in [5.74, 6) is 0. The lowest BCUT2D eigenvalue weighted by molar-refractivity contribution is 1.11. The van der Waals surface area contributed by atoms with Gasteiger partial charge in [-0.2, -0.15) is 0 Å². The number of benzene rings is 15. The zero-order valence-electron chi connectivity index (χ0n) is 56.5. The van der Waals surface area contributed by atoms with Crippen LogP contribution in [0.4, 0.5) is 136 Å². The molecule has 0 bridgehead atoms. The van der Waals surface area contributed by atoms with Gasteiger partial charge in [-0.1, -0.05) is 237 Å². The van der Waals surface area contributed by atoms with Gasteiger partial charge in [0.15, 0.2) is 0 Å². The molecule has 0 fully saturated rings. The monoisotopic (exact) mass is 1350 g/mol. The minimum atomic E-state index is -0.239. The summed E-state index contributed by atoms with van der Waals surface area (Å²) in [5, 5.41) is 0. The Hall–Kier alpha value is -13.5. The predicted molar refractivity (Wildman–Crippen MR) is 441 cm³/mol. The molecule has 0 amide bonds. The molecule has 0 unspecified atom stereocenters. The topological polar surface area (TPSA) is 25.9 Å². The first-order valence-corrected chi connectivity index (χ1v) is 37.1. The molecular formula is C94H56B2N8S. The molecule has 0 spiro atoms. The van der Waals surface area contributed by atoms with Crippen molar-refractivity contribution in [2.45, 2.75) is 0 Å². The Balaban J connectivity index is 0.848. The maximum atomic E-state index is 2.78. The molecule has 0 N–H and O–H groups in total. The van der Waals surface area contributed by atoms with Gasteiger partial charge >= 0.3 is 0 Å². The van der Waals surface area contributed by atoms with Gasteiger partial charge in [0.25, 0.3) is 13.4 Å². The van der Waals surface area contributed by atoms with Gasteiger partial charge in [0.1, 0.15) is 0 Å². The van der Waals surface area contributed by atoms with E-state index in [0.29, 0.717) is 0 Å². The number of rotatable bonds is 8. The van der Waals surface area contributed by atoms with Crippen LogP contribution in [0.3, 0.4) is 0 Å². The summed E-state index contributed by atoms with van der Waals surface area (Å²) in [4.78, 5) is 23.6. The van der Waals surface area contributed by atoms with Gasteiger partial charge in [0.2, 0.25) is 0 Å². The van der Waals surface area contributed by atoms with E-state index in [9.17, 15) is 0 Å². The van der Waals surface area contributed by atoms with E-state index in [2.05, 4.69) is 379 Å². The number of para-hydroxylation sites is 6. The van der Waals surface area contributed by atoms with Crippen LogP contribution < -0.4 is 72.0 Å². The van der Waals surface area contributed by atoms with Crippen molar-refractivity contribution in [1.82, 2.24) is 0 Å². The number of anilines is 24. The van der Waals surface area contributed by atoms with E-state index in [1.807, 2.05) is 11.3 Å². The third-order valence-electron chi connectivity index (χ3n) is 23.5. The highest BCUT2D eigenvalue weighted by Crippen LogP contribution is 2.71. The van der Waals surface area contributed by atoms with Crippen LogP contribution in [0.25, 0.3) is 43.1 Å². The van der Waals surface area contributed by atoms with Crippen molar-refractivity contribution in [3.63, 3.8) is 0 Å². The average molecular weight is 1350 g/mol. The van der Waals surface area contributed by atoms with Crippen LogP contribution in [0.2, 0.25) is 0 Å². The lowest BCUT2D eigenvalue weighted by Gasteiger charge is -2.56. The van der Waals surface area contributed by atoms with Gasteiger partial charge in [-0.25, -0.2) is 0 Å². The van der Waals surface area contributed by atoms with Crippen molar-refractivity contribution in [3.05, 3.63) is 340 Å². The minimum Gasteiger partial charge on any atom is -0.306 e. The van der Waals surface area contributed by atoms with E-state index in [-0.39, 0.29) is 13.4 Å². The first-order valence-electron chi connectivity index (χ1n) is 36.3. The summed E-state index contributed by atoms with van der Waals surface area (Å²) >= 11 is 1.92. The van der Waals surface area contributed by atoms with Gasteiger partial charge < -0.3 is 39.2 Å². The molecule has 8 nitrogen and oxygen atoms in total. The smallest absolute Gasteiger partial charge is 0.252 e. The van der Waals surface area contributed by atoms with E-state index in [1.165, 1.54) is 144 Å². The Morgan fingerprint density at radius 2 is 0.524 bits per heavy atom. The van der Waals surface area contributed by atoms with Crippen LogP contribution >= 0.6 is 11.3 Å². The van der Waals surface area contributed by atoms with Crippen molar-refractivity contribution in [2.75, 3.05) is 39.2 Å². The highest BCUT2D eigenvalue weighted by atomic mass is 32.1. The van der Waals surface area contributed by atoms with Crippen LogP contribution in [0.15, 0.2) is 340 Å². The normalized spacial score (nSPS) is 14.3. The van der Waals surface area contributed by atoms with Crippen LogP contribution in [-0.4, -0.2) is 13.4 Å². The molecule has 0 saturated heterocycles. The maximum Gasteiger partial charge on any atom is 0.252 e. The largest absolute Gasteiger partial charge is 0.306 e. The van der Waals surface area contributed by atoms with Crippen LogP contribution in [0.5, 0.6) is 0 Å². The van der Waals surface area contributed by atoms with Gasteiger partial charge in [-0.3, -0.25) is 0 Å². The quantitative estimate of drug-likeness (QED) is 0.139. The van der Waals surface area contributed by atoms with E-state index in [1.54, 1.807) is 0 Å². The summed E-state index contributed by atoms with van der Waals surface area (Å²) in [5.41, 5.74) is 42.7. The summed E-state index contributed by atoms with van der Waals surface area (Å²) < 4.78 is 0. The molecule has 11 heteroatoms. The first kappa shape index (κ1) is 56.2. The first-order chi connectivity index (χ1) is 52.2. The van der Waals surface area contributed by atoms with Crippen LogP contribution in [-0.2, 0) is 0 Å². The predicted octanol–water partition coefficient (Wildman–Crippen LogP) is 22.0. The van der Waals surface area contributed by atoms with E-state index in [0.717, 1.165) is 68.2 Å². The maximum absolute atomic E-state index is 2.78. The molecule has 1 aromatic heterocycles. The Morgan fingerprint density at radius 3 is 0.981 bits per heavy atom. The summed E-state index contributed by atoms with van der Waals surface area (Å²) in [7, 11) is 0. The molecule has 0 aliphatic carbocycles. The third-order valence-corrected chi connectivity index (χ3v) is 24.7. The number of nitrogens with zero attached hydrogens (tertiary/aromatic N) is 8. The van der Waals surface area contributed by atoms with Gasteiger partial charge in [0, 0.05) is 39.7 Å². The lowest BCUT2D eigenvalue weighted by Crippen LogP contribution is -2.66. The fourth-order valence-corrected chi connectivity index (χ4v) is 20.9. The van der Waals surface area contributed by atoms with Crippen molar-refractivity contribution in [1.29, 1.82) is 0 Å². The van der Waals surface area contributed by atoms with Crippen molar-refractivity contribution in [2.24, 2.45) is 0 Å². The Kier molecular flexibility index (Phi) is 11.0. The van der Waals surface area contributed by atoms with Crippen molar-refractivity contribution in [3.8, 4) is 43.1 Å². The van der Waals surface area contributed by atoms with E-state index < -0.39 is 0 Å². The Labute approximate surface area is 612 Å². The summed E-state index contributed by atoms with van der Waals surface area (Å²) in [6.07, 6.45) is 0. The molecule has 105 heavy (non-hydrogen) atoms. The summed E-state index contributed by atoms with van der Waals surface area (Å²) in [6, 6.07) is 128. The molecule has 9 aliphatic rings. The molecule has 16 aromatic rings. The minimum absolute atomic E-state index is 0.228. The second-order valence-corrected chi connectivity index (χ2v) is 29.6. The average Bonchev–Trinajstić information content (AvgIpc) is 1.49. The second-order valence-electron chi connectivity index (χ2n) is 28.6. The number of thiophene rings is 1. The van der Waals surface area contributed by atoms with E-state index >= 15 is 0 Å². The molecule has 25 rings (SSSR count). The molecular weight excluding hydrogens is 1290 g/mol. The highest BCUT2D eigenvalue weighted by molar-refractivity contribution is 7.20. The van der Waals surface area contributed by atoms with Crippen LogP contribution in [0.1, 0.15) is 0 Å². The fourth-order valence-electron chi connectivity index (χ4n) is 19.6. The number of fused-ring (bicyclic) bond motifs is 9. The van der Waals surface area contributed by atoms with Gasteiger partial charge in [-0.15, -0.1) is 11.3 Å². The Bertz CT molecular complexity index is 6460. The standard InChI is InChI=1S/C94H56B2N8S/c1-9-27-57(28-10-1)61-55-70-83-79(56-61)99(64-39-21-7-22-40-64)75-45-25-43-73-87(75)103(83)89-77(97(73)62-35-17-5-18-36-62)53-52-72-81(89)96(70)69-50-49-68-85-86(69)102(72)92-91(93(59-31-13-3-14-32-59)105-94(92)60-33-15-4-16-34-60)101(85)71-51-54-78-90-80(71)95(68)67-48-47-66(58-29-11-2-12-30-58)82-84(67)104(90)88-74(98(78)63-37-19-6-20-38-63)44-26-46-76(88)100(82)65-41-23-8-24-42-65/h1-56H. The number of hydrogen-bond donors (Lipinski definition) is 0. The molecule has 15 aromatic carbocycles. The summed E-state index contributed by atoms with van der Waals surface area (Å²) in [6.45, 7) is -0.467. The SMILES string of the molecule is c1ccc(-c2cc3c4c(c2)N(c2ccccc2)c2cccc5c2N4c2c(ccc4c2B3c2ccc3c6c2N4c2c(-c4ccccc4)sc(-c4ccccc4)c2N6c2ccc4c6c2B3c2ccc(-c3ccccc3)c3c2N6c2c(cccc2N3c2ccccc2)N4c2ccccc2)N5c2ccccc2)cc1. The zero-order chi connectivity index (χ0) is 68.0. The van der Waals surface area contributed by atoms with Gasteiger partial charge in [-0.05, 0) is 164 Å². The zero-order valence-corrected chi connectivity index (χ0v) is 57.3. The molecule has 0 radical (unpaired) electrons. The Morgan fingerprint density at radius 1 is 0.181 bits per heavy atom. The molecule has 0 saturated carbocycles. The van der Waals surface area contributed by atoms with Gasteiger partial charge in [0.05, 0.1) is 112 Å². The highest BCUT2D eigenvalue weighted by Gasteiger charge is 2.58. The fraction of sp³-hybridized carbons (Fsp3) is 0. The molecule has 484 valence electrons. The third kappa shape index (κ3) is 7.17. The van der Waals surface area contributed by atoms with E-state index in [4.69, 9.17) is 0 Å².